The molecule has 0 atom stereocenters. The van der Waals surface area contributed by atoms with Gasteiger partial charge in [0.15, 0.2) is 0 Å². The van der Waals surface area contributed by atoms with Gasteiger partial charge in [-0.1, -0.05) is 24.3 Å². The van der Waals surface area contributed by atoms with Crippen LogP contribution >= 0.6 is 0 Å². The molecule has 27 heavy (non-hydrogen) atoms. The van der Waals surface area contributed by atoms with Gasteiger partial charge in [0.25, 0.3) is 5.56 Å². The number of alkyl halides is 3. The summed E-state index contributed by atoms with van der Waals surface area (Å²) in [6.07, 6.45) is -1.10. The lowest BCUT2D eigenvalue weighted by molar-refractivity contribution is -0.137. The van der Waals surface area contributed by atoms with Crippen molar-refractivity contribution in [2.75, 3.05) is 0 Å². The lowest BCUT2D eigenvalue weighted by Crippen LogP contribution is -2.17. The van der Waals surface area contributed by atoms with Crippen LogP contribution in [0.4, 0.5) is 18.9 Å². The van der Waals surface area contributed by atoms with Gasteiger partial charge in [0.2, 0.25) is 0 Å². The van der Waals surface area contributed by atoms with E-state index >= 15 is 0 Å². The number of para-hydroxylation sites is 1. The Labute approximate surface area is 152 Å². The number of rotatable bonds is 2. The maximum Gasteiger partial charge on any atom is 0.416 e. The summed E-state index contributed by atoms with van der Waals surface area (Å²) in [5.41, 5.74) is 2.34. The number of aliphatic imine (C=N–C) groups is 1. The number of hydrogen-bond acceptors (Lipinski definition) is 2. The molecule has 0 fully saturated rings. The Morgan fingerprint density at radius 3 is 2.67 bits per heavy atom. The Hall–Kier alpha value is -3.35. The molecule has 0 amide bonds. The van der Waals surface area contributed by atoms with Crippen LogP contribution in [0.2, 0.25) is 0 Å². The number of allylic oxidation sites excluding steroid dienone is 1. The molecule has 0 bridgehead atoms. The van der Waals surface area contributed by atoms with Gasteiger partial charge < -0.3 is 0 Å². The molecule has 1 aliphatic heterocycles. The van der Waals surface area contributed by atoms with Gasteiger partial charge in [0.05, 0.1) is 22.5 Å². The highest BCUT2D eigenvalue weighted by Crippen LogP contribution is 2.32. The number of nitrogens with zero attached hydrogens (tertiary/aromatic N) is 2. The predicted molar refractivity (Wildman–Crippen MR) is 98.6 cm³/mol. The fraction of sp³-hybridized carbons (Fsp3) is 0.100. The van der Waals surface area contributed by atoms with Crippen LogP contribution in [0.25, 0.3) is 17.3 Å². The number of aromatic amines is 1. The molecule has 0 spiro atoms. The molecule has 2 heterocycles. The molecule has 4 rings (SSSR count). The Balaban J connectivity index is 1.80. The van der Waals surface area contributed by atoms with Crippen LogP contribution in [-0.2, 0) is 6.18 Å². The number of aromatic nitrogens is 2. The third-order valence-corrected chi connectivity index (χ3v) is 4.41. The van der Waals surface area contributed by atoms with Gasteiger partial charge in [-0.3, -0.25) is 14.9 Å². The second-order valence-corrected chi connectivity index (χ2v) is 6.21. The van der Waals surface area contributed by atoms with E-state index in [9.17, 15) is 18.0 Å². The Kier molecular flexibility index (Phi) is 3.87. The van der Waals surface area contributed by atoms with Crippen LogP contribution in [0.3, 0.4) is 0 Å². The molecule has 4 nitrogen and oxygen atoms in total. The van der Waals surface area contributed by atoms with Crippen LogP contribution in [-0.4, -0.2) is 16.0 Å². The van der Waals surface area contributed by atoms with Crippen molar-refractivity contribution in [2.24, 2.45) is 4.99 Å². The van der Waals surface area contributed by atoms with E-state index in [1.165, 1.54) is 12.1 Å². The highest BCUT2D eigenvalue weighted by Gasteiger charge is 2.30. The van der Waals surface area contributed by atoms with Gasteiger partial charge in [-0.05, 0) is 37.3 Å². The maximum absolute atomic E-state index is 13.0. The monoisotopic (exact) mass is 369 g/mol. The minimum atomic E-state index is -4.48. The third kappa shape index (κ3) is 3.01. The Morgan fingerprint density at radius 2 is 1.89 bits per heavy atom. The van der Waals surface area contributed by atoms with Gasteiger partial charge in [0, 0.05) is 23.0 Å². The molecule has 1 aliphatic rings. The van der Waals surface area contributed by atoms with Crippen LogP contribution in [0.1, 0.15) is 22.4 Å². The van der Waals surface area contributed by atoms with Crippen molar-refractivity contribution in [1.82, 2.24) is 9.78 Å². The zero-order valence-electron chi connectivity index (χ0n) is 14.2. The fourth-order valence-corrected chi connectivity index (χ4v) is 3.04. The summed E-state index contributed by atoms with van der Waals surface area (Å²) in [4.78, 5) is 17.1. The number of halogens is 3. The van der Waals surface area contributed by atoms with Crippen LogP contribution in [0.5, 0.6) is 0 Å². The van der Waals surface area contributed by atoms with E-state index in [-0.39, 0.29) is 5.69 Å². The van der Waals surface area contributed by atoms with Gasteiger partial charge in [-0.2, -0.15) is 13.2 Å². The topological polar surface area (TPSA) is 50.1 Å². The summed E-state index contributed by atoms with van der Waals surface area (Å²) in [5, 5.41) is 2.85. The molecule has 7 heteroatoms. The molecule has 0 radical (unpaired) electrons. The minimum Gasteiger partial charge on any atom is -0.295 e. The summed E-state index contributed by atoms with van der Waals surface area (Å²) >= 11 is 0. The summed E-state index contributed by atoms with van der Waals surface area (Å²) in [6.45, 7) is 1.70. The molecule has 1 N–H and O–H groups in total. The number of benzene rings is 2. The van der Waals surface area contributed by atoms with Crippen LogP contribution in [0, 0.1) is 6.92 Å². The van der Waals surface area contributed by atoms with E-state index < -0.39 is 17.3 Å². The fourth-order valence-electron chi connectivity index (χ4n) is 3.04. The van der Waals surface area contributed by atoms with Crippen molar-refractivity contribution < 1.29 is 13.2 Å². The average molecular weight is 369 g/mol. The molecule has 0 unspecified atom stereocenters. The maximum atomic E-state index is 13.0. The molecule has 0 saturated heterocycles. The molecular weight excluding hydrogens is 355 g/mol. The molecule has 1 aromatic heterocycles. The van der Waals surface area contributed by atoms with Crippen molar-refractivity contribution in [2.45, 2.75) is 13.1 Å². The van der Waals surface area contributed by atoms with E-state index in [1.54, 1.807) is 19.2 Å². The molecule has 0 aliphatic carbocycles. The largest absolute Gasteiger partial charge is 0.416 e. The first kappa shape index (κ1) is 17.1. The van der Waals surface area contributed by atoms with Gasteiger partial charge in [-0.15, -0.1) is 0 Å². The predicted octanol–water partition coefficient (Wildman–Crippen LogP) is 4.75. The van der Waals surface area contributed by atoms with Gasteiger partial charge in [0.1, 0.15) is 0 Å². The SMILES string of the molecule is Cc1[nH]n(-c2cccc(C(F)(F)F)c2)c(=O)c1/C=C1/C=Nc2ccccc21. The number of H-pyrrole nitrogens is 1. The van der Waals surface area contributed by atoms with Gasteiger partial charge >= 0.3 is 6.18 Å². The highest BCUT2D eigenvalue weighted by molar-refractivity contribution is 6.21. The molecule has 2 aromatic carbocycles. The van der Waals surface area contributed by atoms with E-state index in [2.05, 4.69) is 10.1 Å². The van der Waals surface area contributed by atoms with E-state index in [0.717, 1.165) is 33.6 Å². The first-order valence-electron chi connectivity index (χ1n) is 8.19. The zero-order chi connectivity index (χ0) is 19.2. The Morgan fingerprint density at radius 1 is 1.11 bits per heavy atom. The second kappa shape index (κ2) is 6.12. The molecular formula is C20H14F3N3O. The highest BCUT2D eigenvalue weighted by atomic mass is 19.4. The minimum absolute atomic E-state index is 0.128. The number of nitrogens with one attached hydrogen (secondary N) is 1. The van der Waals surface area contributed by atoms with E-state index in [1.807, 2.05) is 24.3 Å². The molecule has 3 aromatic rings. The first-order chi connectivity index (χ1) is 12.8. The summed E-state index contributed by atoms with van der Waals surface area (Å²) in [5.74, 6) is 0. The number of fused-ring (bicyclic) bond motifs is 1. The van der Waals surface area contributed by atoms with Crippen molar-refractivity contribution in [3.63, 3.8) is 0 Å². The first-order valence-corrected chi connectivity index (χ1v) is 8.19. The van der Waals surface area contributed by atoms with E-state index in [4.69, 9.17) is 0 Å². The standard InChI is InChI=1S/C20H14F3N3O/c1-12-17(9-13-11-24-18-8-3-2-7-16(13)18)19(27)26(25-12)15-6-4-5-14(10-15)20(21,22)23/h2-11,25H,1H3/b13-9-. The summed E-state index contributed by atoms with van der Waals surface area (Å²) < 4.78 is 40.0. The number of hydrogen-bond donors (Lipinski definition) is 1. The lowest BCUT2D eigenvalue weighted by atomic mass is 10.0. The summed E-state index contributed by atoms with van der Waals surface area (Å²) in [6, 6.07) is 12.2. The van der Waals surface area contributed by atoms with E-state index in [0.29, 0.717) is 11.3 Å². The van der Waals surface area contributed by atoms with Crippen LogP contribution < -0.4 is 5.56 Å². The van der Waals surface area contributed by atoms with Crippen molar-refractivity contribution in [3.05, 3.63) is 81.3 Å². The quantitative estimate of drug-likeness (QED) is 0.696. The smallest absolute Gasteiger partial charge is 0.295 e. The van der Waals surface area contributed by atoms with Crippen molar-refractivity contribution in [3.8, 4) is 5.69 Å². The number of aryl methyl sites for hydroxylation is 1. The average Bonchev–Trinajstić information content (AvgIpc) is 3.17. The van der Waals surface area contributed by atoms with Gasteiger partial charge in [-0.25, -0.2) is 4.68 Å². The van der Waals surface area contributed by atoms with Crippen molar-refractivity contribution in [1.29, 1.82) is 0 Å². The van der Waals surface area contributed by atoms with Crippen LogP contribution in [0.15, 0.2) is 58.3 Å². The lowest BCUT2D eigenvalue weighted by Gasteiger charge is -2.08. The third-order valence-electron chi connectivity index (χ3n) is 4.41. The second-order valence-electron chi connectivity index (χ2n) is 6.21. The van der Waals surface area contributed by atoms with Crippen molar-refractivity contribution >= 4 is 23.6 Å². The normalized spacial score (nSPS) is 14.7. The Bertz CT molecular complexity index is 1150. The molecule has 0 saturated carbocycles. The molecule has 136 valence electrons. The zero-order valence-corrected chi connectivity index (χ0v) is 14.2. The summed E-state index contributed by atoms with van der Waals surface area (Å²) in [7, 11) is 0.